The Morgan fingerprint density at radius 1 is 1.41 bits per heavy atom. The highest BCUT2D eigenvalue weighted by Crippen LogP contribution is 2.22. The van der Waals surface area contributed by atoms with Gasteiger partial charge in [0.15, 0.2) is 0 Å². The van der Waals surface area contributed by atoms with E-state index < -0.39 is 21.6 Å². The lowest BCUT2D eigenvalue weighted by Gasteiger charge is -2.18. The van der Waals surface area contributed by atoms with Gasteiger partial charge in [-0.05, 0) is 24.6 Å². The second-order valence-electron chi connectivity index (χ2n) is 4.57. The fourth-order valence-electron chi connectivity index (χ4n) is 1.66. The molecule has 0 saturated heterocycles. The Morgan fingerprint density at radius 3 is 2.64 bits per heavy atom. The molecule has 0 heterocycles. The van der Waals surface area contributed by atoms with Gasteiger partial charge in [-0.15, -0.1) is 0 Å². The van der Waals surface area contributed by atoms with E-state index in [4.69, 9.17) is 21.4 Å². The topological polar surface area (TPSA) is 113 Å². The number of benzene rings is 1. The normalized spacial score (nSPS) is 12.9. The van der Waals surface area contributed by atoms with Gasteiger partial charge in [0.1, 0.15) is 0 Å². The summed E-state index contributed by atoms with van der Waals surface area (Å²) < 4.78 is 36.9. The van der Waals surface area contributed by atoms with Crippen LogP contribution in [0.5, 0.6) is 0 Å². The predicted octanol–water partition coefficient (Wildman–Crippen LogP) is 2.83. The van der Waals surface area contributed by atoms with E-state index in [-0.39, 0.29) is 22.9 Å². The van der Waals surface area contributed by atoms with Gasteiger partial charge in [-0.2, -0.15) is 8.42 Å². The molecule has 1 unspecified atom stereocenters. The Kier molecular flexibility index (Phi) is 7.08. The summed E-state index contributed by atoms with van der Waals surface area (Å²) in [6.45, 7) is 2.13. The molecule has 0 spiro atoms. The first-order chi connectivity index (χ1) is 10.3. The van der Waals surface area contributed by atoms with Crippen LogP contribution in [0.15, 0.2) is 18.2 Å². The number of carboxylic acids is 1. The fourth-order valence-corrected chi connectivity index (χ4v) is 2.41. The molecule has 0 bridgehead atoms. The van der Waals surface area contributed by atoms with Crippen LogP contribution in [0.25, 0.3) is 0 Å². The van der Waals surface area contributed by atoms with Crippen LogP contribution in [0.4, 0.5) is 5.69 Å². The average Bonchev–Trinajstić information content (AvgIpc) is 2.42. The molecule has 7 nitrogen and oxygen atoms in total. The first-order valence-corrected chi connectivity index (χ1v) is 8.51. The molecule has 124 valence electrons. The number of aromatic carboxylic acids is 1. The summed E-state index contributed by atoms with van der Waals surface area (Å²) >= 11 is 5.73. The van der Waals surface area contributed by atoms with E-state index in [9.17, 15) is 17.8 Å². The number of anilines is 1. The lowest BCUT2D eigenvalue weighted by Crippen LogP contribution is -2.32. The summed E-state index contributed by atoms with van der Waals surface area (Å²) in [4.78, 5) is 11.0. The van der Waals surface area contributed by atoms with Crippen LogP contribution < -0.4 is 5.32 Å². The highest BCUT2D eigenvalue weighted by molar-refractivity contribution is 7.86. The van der Waals surface area contributed by atoms with Crippen molar-refractivity contribution in [1.82, 2.24) is 0 Å². The molecule has 0 saturated carbocycles. The number of nitrogens with one attached hydrogen (secondary N) is 1. The van der Waals surface area contributed by atoms with Gasteiger partial charge in [-0.3, -0.25) is 4.55 Å². The van der Waals surface area contributed by atoms with Gasteiger partial charge < -0.3 is 15.2 Å². The first-order valence-electron chi connectivity index (χ1n) is 6.63. The Labute approximate surface area is 134 Å². The number of hydrogen-bond donors (Lipinski definition) is 3. The van der Waals surface area contributed by atoms with Crippen LogP contribution in [-0.4, -0.2) is 36.2 Å². The van der Waals surface area contributed by atoms with Crippen LogP contribution in [0.1, 0.15) is 36.5 Å². The van der Waals surface area contributed by atoms with Crippen molar-refractivity contribution in [3.05, 3.63) is 28.8 Å². The van der Waals surface area contributed by atoms with Crippen molar-refractivity contribution in [3.63, 3.8) is 0 Å². The van der Waals surface area contributed by atoms with E-state index in [2.05, 4.69) is 5.32 Å². The van der Waals surface area contributed by atoms with Crippen molar-refractivity contribution < 1.29 is 27.6 Å². The van der Waals surface area contributed by atoms with E-state index in [0.29, 0.717) is 6.42 Å². The quantitative estimate of drug-likeness (QED) is 0.356. The summed E-state index contributed by atoms with van der Waals surface area (Å²) in [6.07, 6.45) is 2.44. The molecule has 1 rings (SSSR count). The third kappa shape index (κ3) is 5.80. The molecule has 0 aliphatic heterocycles. The molecule has 1 atom stereocenters. The van der Waals surface area contributed by atoms with Crippen LogP contribution in [-0.2, 0) is 14.9 Å². The van der Waals surface area contributed by atoms with Crippen LogP contribution in [0.3, 0.4) is 0 Å². The van der Waals surface area contributed by atoms with Crippen molar-refractivity contribution >= 4 is 33.4 Å². The van der Waals surface area contributed by atoms with E-state index in [1.165, 1.54) is 12.1 Å². The van der Waals surface area contributed by atoms with Crippen LogP contribution in [0.2, 0.25) is 5.02 Å². The van der Waals surface area contributed by atoms with Crippen molar-refractivity contribution in [2.45, 2.75) is 31.7 Å². The van der Waals surface area contributed by atoms with Crippen molar-refractivity contribution in [2.24, 2.45) is 0 Å². The molecular formula is C13H18ClNO6S. The largest absolute Gasteiger partial charge is 0.478 e. The third-order valence-corrected chi connectivity index (χ3v) is 3.89. The van der Waals surface area contributed by atoms with Gasteiger partial charge in [0.2, 0.25) is 0 Å². The van der Waals surface area contributed by atoms with Gasteiger partial charge >= 0.3 is 16.1 Å². The highest BCUT2D eigenvalue weighted by atomic mass is 35.5. The minimum absolute atomic E-state index is 0.0188. The van der Waals surface area contributed by atoms with E-state index in [1.807, 2.05) is 6.92 Å². The maximum Gasteiger partial charge on any atom is 0.337 e. The summed E-state index contributed by atoms with van der Waals surface area (Å²) in [6, 6.07) is 3.87. The molecule has 0 aliphatic carbocycles. The summed E-state index contributed by atoms with van der Waals surface area (Å²) in [7, 11) is -4.51. The SMILES string of the molecule is CCCCCOC(Nc1ccc(Cl)c(C(=O)O)c1)S(=O)(=O)O. The lowest BCUT2D eigenvalue weighted by molar-refractivity contribution is 0.0697. The number of unbranched alkanes of at least 4 members (excludes halogenated alkanes) is 2. The molecule has 1 aromatic carbocycles. The second kappa shape index (κ2) is 8.33. The molecular weight excluding hydrogens is 334 g/mol. The summed E-state index contributed by atoms with van der Waals surface area (Å²) in [5.74, 6) is -1.25. The summed E-state index contributed by atoms with van der Waals surface area (Å²) in [5, 5.41) is 11.4. The van der Waals surface area contributed by atoms with Crippen molar-refractivity contribution in [1.29, 1.82) is 0 Å². The molecule has 9 heteroatoms. The maximum atomic E-state index is 11.3. The van der Waals surface area contributed by atoms with E-state index >= 15 is 0 Å². The Balaban J connectivity index is 2.86. The third-order valence-electron chi connectivity index (χ3n) is 2.77. The number of halogens is 1. The van der Waals surface area contributed by atoms with Gasteiger partial charge in [0, 0.05) is 5.69 Å². The van der Waals surface area contributed by atoms with Crippen molar-refractivity contribution in [3.8, 4) is 0 Å². The monoisotopic (exact) mass is 351 g/mol. The van der Waals surface area contributed by atoms with Gasteiger partial charge in [0.05, 0.1) is 17.2 Å². The molecule has 0 fully saturated rings. The zero-order valence-corrected chi connectivity index (χ0v) is 13.5. The lowest BCUT2D eigenvalue weighted by atomic mass is 10.2. The molecule has 0 radical (unpaired) electrons. The zero-order chi connectivity index (χ0) is 16.8. The van der Waals surface area contributed by atoms with E-state index in [0.717, 1.165) is 18.9 Å². The molecule has 0 aromatic heterocycles. The number of ether oxygens (including phenoxy) is 1. The van der Waals surface area contributed by atoms with Gasteiger partial charge in [-0.1, -0.05) is 31.4 Å². The number of hydrogen-bond acceptors (Lipinski definition) is 5. The maximum absolute atomic E-state index is 11.3. The van der Waals surface area contributed by atoms with E-state index in [1.54, 1.807) is 0 Å². The number of rotatable bonds is 9. The molecule has 22 heavy (non-hydrogen) atoms. The smallest absolute Gasteiger partial charge is 0.337 e. The average molecular weight is 352 g/mol. The first kappa shape index (κ1) is 18.7. The molecule has 3 N–H and O–H groups in total. The minimum Gasteiger partial charge on any atom is -0.478 e. The molecule has 1 aromatic rings. The minimum atomic E-state index is -4.51. The van der Waals surface area contributed by atoms with Gasteiger partial charge in [-0.25, -0.2) is 4.79 Å². The Hall–Kier alpha value is -1.35. The number of carbonyl (C=O) groups is 1. The fraction of sp³-hybridized carbons (Fsp3) is 0.462. The molecule has 0 aliphatic rings. The van der Waals surface area contributed by atoms with Crippen molar-refractivity contribution in [2.75, 3.05) is 11.9 Å². The van der Waals surface area contributed by atoms with Crippen LogP contribution in [0, 0.1) is 0 Å². The standard InChI is InChI=1S/C13H18ClNO6S/c1-2-3-4-7-21-13(22(18,19)20)15-9-5-6-11(14)10(8-9)12(16)17/h5-6,8,13,15H,2-4,7H2,1H3,(H,16,17)(H,18,19,20). The Bertz CT molecular complexity index is 619. The predicted molar refractivity (Wildman–Crippen MR) is 82.8 cm³/mol. The van der Waals surface area contributed by atoms with Gasteiger partial charge in [0.25, 0.3) is 5.56 Å². The highest BCUT2D eigenvalue weighted by Gasteiger charge is 2.24. The number of carboxylic acid groups (broad SMARTS) is 1. The van der Waals surface area contributed by atoms with Crippen LogP contribution >= 0.6 is 11.6 Å². The summed E-state index contributed by atoms with van der Waals surface area (Å²) in [5.41, 5.74) is -1.71. The second-order valence-corrected chi connectivity index (χ2v) is 6.43. The zero-order valence-electron chi connectivity index (χ0n) is 12.0. The molecule has 0 amide bonds. The Morgan fingerprint density at radius 2 is 2.09 bits per heavy atom.